The zero-order valence-corrected chi connectivity index (χ0v) is 22.5. The molecular weight excluding hydrogens is 540 g/mol. The predicted octanol–water partition coefficient (Wildman–Crippen LogP) is 5.85. The van der Waals surface area contributed by atoms with Crippen molar-refractivity contribution in [3.63, 3.8) is 0 Å². The number of nitrogens with one attached hydrogen (secondary N) is 1. The Hall–Kier alpha value is -4.34. The Kier molecular flexibility index (Phi) is 9.19. The molecule has 1 N–H and O–H groups in total. The second kappa shape index (κ2) is 12.9. The van der Waals surface area contributed by atoms with E-state index in [1.54, 1.807) is 36.4 Å². The highest BCUT2D eigenvalue weighted by Crippen LogP contribution is 2.29. The number of amides is 1. The van der Waals surface area contributed by atoms with Crippen LogP contribution in [0.4, 0.5) is 0 Å². The fraction of sp³-hybridized carbons (Fsp3) is 0.103. The van der Waals surface area contributed by atoms with E-state index < -0.39 is 16.0 Å². The summed E-state index contributed by atoms with van der Waals surface area (Å²) in [5.41, 5.74) is 4.08. The third-order valence-electron chi connectivity index (χ3n) is 5.33. The fourth-order valence-electron chi connectivity index (χ4n) is 3.43. The fourth-order valence-corrected chi connectivity index (χ4v) is 4.51. The third-order valence-corrected chi connectivity index (χ3v) is 6.83. The summed E-state index contributed by atoms with van der Waals surface area (Å²) in [7, 11) is -4.11. The number of para-hydroxylation sites is 1. The van der Waals surface area contributed by atoms with Gasteiger partial charge in [-0.05, 0) is 67.1 Å². The largest absolute Gasteiger partial charge is 0.490 e. The molecule has 0 spiro atoms. The van der Waals surface area contributed by atoms with Crippen molar-refractivity contribution in [2.75, 3.05) is 6.61 Å². The Bertz CT molecular complexity index is 1560. The van der Waals surface area contributed by atoms with Crippen LogP contribution in [-0.4, -0.2) is 27.1 Å². The Morgan fingerprint density at radius 2 is 1.59 bits per heavy atom. The van der Waals surface area contributed by atoms with Crippen molar-refractivity contribution < 1.29 is 26.9 Å². The van der Waals surface area contributed by atoms with Gasteiger partial charge in [-0.3, -0.25) is 4.79 Å². The van der Waals surface area contributed by atoms with Gasteiger partial charge in [-0.2, -0.15) is 13.5 Å². The molecule has 1 amide bonds. The molecule has 0 aromatic heterocycles. The van der Waals surface area contributed by atoms with Crippen LogP contribution < -0.4 is 19.1 Å². The average Bonchev–Trinajstić information content (AvgIpc) is 2.94. The number of benzene rings is 4. The van der Waals surface area contributed by atoms with Gasteiger partial charge in [0.15, 0.2) is 17.2 Å². The summed E-state index contributed by atoms with van der Waals surface area (Å²) in [6.07, 6.45) is 1.30. The molecule has 39 heavy (non-hydrogen) atoms. The lowest BCUT2D eigenvalue weighted by molar-refractivity contribution is 0.0954. The first-order valence-corrected chi connectivity index (χ1v) is 13.7. The number of rotatable bonds is 11. The summed E-state index contributed by atoms with van der Waals surface area (Å²) in [4.78, 5) is 12.7. The van der Waals surface area contributed by atoms with Gasteiger partial charge in [0.25, 0.3) is 5.91 Å². The first-order chi connectivity index (χ1) is 18.9. The first kappa shape index (κ1) is 27.7. The van der Waals surface area contributed by atoms with Crippen molar-refractivity contribution in [2.45, 2.75) is 18.4 Å². The Balaban J connectivity index is 1.44. The normalized spacial score (nSPS) is 11.2. The second-order valence-corrected chi connectivity index (χ2v) is 10.1. The molecule has 0 aliphatic heterocycles. The Labute approximate surface area is 231 Å². The smallest absolute Gasteiger partial charge is 0.339 e. The highest BCUT2D eigenvalue weighted by atomic mass is 35.5. The lowest BCUT2D eigenvalue weighted by Gasteiger charge is -2.13. The lowest BCUT2D eigenvalue weighted by atomic mass is 10.2. The van der Waals surface area contributed by atoms with Crippen LogP contribution in [0.25, 0.3) is 0 Å². The summed E-state index contributed by atoms with van der Waals surface area (Å²) in [5.74, 6) is 0.489. The molecule has 0 aliphatic rings. The summed E-state index contributed by atoms with van der Waals surface area (Å²) < 4.78 is 42.2. The van der Waals surface area contributed by atoms with Crippen LogP contribution in [0.5, 0.6) is 17.2 Å². The summed E-state index contributed by atoms with van der Waals surface area (Å²) in [5, 5.41) is 4.38. The van der Waals surface area contributed by atoms with Gasteiger partial charge in [0.1, 0.15) is 11.5 Å². The minimum absolute atomic E-state index is 0.0454. The van der Waals surface area contributed by atoms with E-state index in [4.69, 9.17) is 25.3 Å². The number of hydrazone groups is 1. The van der Waals surface area contributed by atoms with Crippen LogP contribution in [0.15, 0.2) is 107 Å². The number of carbonyl (C=O) groups is 1. The van der Waals surface area contributed by atoms with E-state index in [9.17, 15) is 13.2 Å². The van der Waals surface area contributed by atoms with Gasteiger partial charge in [-0.15, -0.1) is 0 Å². The van der Waals surface area contributed by atoms with Crippen LogP contribution >= 0.6 is 11.6 Å². The predicted molar refractivity (Wildman–Crippen MR) is 149 cm³/mol. The molecule has 8 nitrogen and oxygen atoms in total. The Morgan fingerprint density at radius 3 is 2.33 bits per heavy atom. The van der Waals surface area contributed by atoms with E-state index >= 15 is 0 Å². The minimum Gasteiger partial charge on any atom is -0.490 e. The van der Waals surface area contributed by atoms with Crippen molar-refractivity contribution in [1.29, 1.82) is 0 Å². The van der Waals surface area contributed by atoms with E-state index in [1.807, 2.05) is 37.3 Å². The van der Waals surface area contributed by atoms with Crippen molar-refractivity contribution in [2.24, 2.45) is 5.10 Å². The summed E-state index contributed by atoms with van der Waals surface area (Å²) >= 11 is 5.84. The van der Waals surface area contributed by atoms with E-state index in [2.05, 4.69) is 10.5 Å². The topological polar surface area (TPSA) is 103 Å². The molecule has 0 bridgehead atoms. The standard InChI is InChI=1S/C29H25ClN2O6S/c1-2-36-28-18-22(12-17-27(28)37-20-21-8-4-3-5-9-21)29(33)32-31-19-23-10-6-7-11-26(23)38-39(34,35)25-15-13-24(30)14-16-25/h3-19H,2,20H2,1H3,(H,32,33)/b31-19+. The van der Waals surface area contributed by atoms with Crippen molar-refractivity contribution in [3.8, 4) is 17.2 Å². The van der Waals surface area contributed by atoms with Crippen LogP contribution in [-0.2, 0) is 16.7 Å². The molecule has 0 radical (unpaired) electrons. The maximum absolute atomic E-state index is 12.7. The molecule has 10 heteroatoms. The van der Waals surface area contributed by atoms with E-state index in [0.29, 0.717) is 40.9 Å². The molecule has 0 fully saturated rings. The average molecular weight is 565 g/mol. The van der Waals surface area contributed by atoms with Crippen molar-refractivity contribution in [3.05, 3.63) is 119 Å². The molecule has 0 unspecified atom stereocenters. The number of nitrogens with zero attached hydrogens (tertiary/aromatic N) is 1. The highest BCUT2D eigenvalue weighted by molar-refractivity contribution is 7.87. The molecular formula is C29H25ClN2O6S. The number of carbonyl (C=O) groups excluding carboxylic acids is 1. The van der Waals surface area contributed by atoms with E-state index in [0.717, 1.165) is 5.56 Å². The maximum atomic E-state index is 12.7. The molecule has 0 heterocycles. The van der Waals surface area contributed by atoms with Crippen LogP contribution in [0.3, 0.4) is 0 Å². The number of ether oxygens (including phenoxy) is 2. The zero-order chi connectivity index (χ0) is 27.7. The summed E-state index contributed by atoms with van der Waals surface area (Å²) in [6.45, 7) is 2.58. The highest BCUT2D eigenvalue weighted by Gasteiger charge is 2.18. The monoisotopic (exact) mass is 564 g/mol. The van der Waals surface area contributed by atoms with E-state index in [-0.39, 0.29) is 10.6 Å². The minimum atomic E-state index is -4.11. The van der Waals surface area contributed by atoms with Gasteiger partial charge in [0.2, 0.25) is 0 Å². The molecule has 0 atom stereocenters. The van der Waals surface area contributed by atoms with Crippen molar-refractivity contribution >= 4 is 33.8 Å². The third kappa shape index (κ3) is 7.59. The number of hydrogen-bond donors (Lipinski definition) is 1. The molecule has 4 rings (SSSR count). The van der Waals surface area contributed by atoms with Gasteiger partial charge in [0, 0.05) is 16.1 Å². The molecule has 0 saturated carbocycles. The molecule has 0 saturated heterocycles. The van der Waals surface area contributed by atoms with Crippen LogP contribution in [0.2, 0.25) is 5.02 Å². The molecule has 0 aliphatic carbocycles. The summed E-state index contributed by atoms with van der Waals surface area (Å²) in [6, 6.07) is 26.6. The maximum Gasteiger partial charge on any atom is 0.339 e. The number of hydrogen-bond acceptors (Lipinski definition) is 7. The number of halogens is 1. The van der Waals surface area contributed by atoms with Crippen molar-refractivity contribution in [1.82, 2.24) is 5.43 Å². The first-order valence-electron chi connectivity index (χ1n) is 11.9. The quantitative estimate of drug-likeness (QED) is 0.139. The van der Waals surface area contributed by atoms with E-state index in [1.165, 1.54) is 36.5 Å². The molecule has 4 aromatic carbocycles. The Morgan fingerprint density at radius 1 is 0.872 bits per heavy atom. The second-order valence-electron chi connectivity index (χ2n) is 8.10. The van der Waals surface area contributed by atoms with Crippen LogP contribution in [0, 0.1) is 0 Å². The van der Waals surface area contributed by atoms with Gasteiger partial charge in [-0.1, -0.05) is 54.1 Å². The zero-order valence-electron chi connectivity index (χ0n) is 20.9. The van der Waals surface area contributed by atoms with Gasteiger partial charge in [0.05, 0.1) is 12.8 Å². The lowest BCUT2D eigenvalue weighted by Crippen LogP contribution is -2.18. The van der Waals surface area contributed by atoms with Gasteiger partial charge in [-0.25, -0.2) is 5.43 Å². The van der Waals surface area contributed by atoms with Gasteiger partial charge >= 0.3 is 10.1 Å². The molecule has 4 aromatic rings. The van der Waals surface area contributed by atoms with Crippen LogP contribution in [0.1, 0.15) is 28.4 Å². The molecule has 200 valence electrons. The van der Waals surface area contributed by atoms with Gasteiger partial charge < -0.3 is 13.7 Å². The SMILES string of the molecule is CCOc1cc(C(=O)N/N=C/c2ccccc2OS(=O)(=O)c2ccc(Cl)cc2)ccc1OCc1ccccc1.